The number of aliphatic hydroxyl groups excluding tert-OH is 1. The summed E-state index contributed by atoms with van der Waals surface area (Å²) >= 11 is 3.78. The van der Waals surface area contributed by atoms with Gasteiger partial charge < -0.3 is 9.84 Å². The van der Waals surface area contributed by atoms with E-state index in [1.807, 2.05) is 0 Å². The normalized spacial score (nSPS) is 62.4. The molecule has 0 radical (unpaired) electrons. The van der Waals surface area contributed by atoms with Gasteiger partial charge in [0.15, 0.2) is 0 Å². The van der Waals surface area contributed by atoms with Gasteiger partial charge in [-0.3, -0.25) is 0 Å². The molecule has 76 valence electrons. The highest BCUT2D eigenvalue weighted by molar-refractivity contribution is 9.09. The van der Waals surface area contributed by atoms with Crippen molar-refractivity contribution in [3.05, 3.63) is 11.6 Å². The second-order valence-corrected chi connectivity index (χ2v) is 6.14. The van der Waals surface area contributed by atoms with Crippen molar-refractivity contribution in [1.29, 1.82) is 0 Å². The van der Waals surface area contributed by atoms with Gasteiger partial charge in [-0.25, -0.2) is 0 Å². The minimum absolute atomic E-state index is 0.191. The molecule has 1 heterocycles. The Hall–Kier alpha value is 0.140. The summed E-state index contributed by atoms with van der Waals surface area (Å²) in [5, 5.41) is 9.25. The molecule has 0 aromatic carbocycles. The largest absolute Gasteiger partial charge is 0.392 e. The zero-order valence-electron chi connectivity index (χ0n) is 7.77. The number of aliphatic hydroxyl groups is 1. The summed E-state index contributed by atoms with van der Waals surface area (Å²) in [7, 11) is 0. The SMILES string of the molecule is OCC1=C[C@H]2[C@@H]3C[C@H]4[C@H](O[C@@H]1[C@@H]24)[C@H]3Br. The molecule has 2 nitrogen and oxygen atoms in total. The second kappa shape index (κ2) is 2.45. The van der Waals surface area contributed by atoms with Crippen molar-refractivity contribution in [2.45, 2.75) is 23.5 Å². The van der Waals surface area contributed by atoms with Gasteiger partial charge in [0, 0.05) is 10.7 Å². The van der Waals surface area contributed by atoms with Crippen LogP contribution in [0.25, 0.3) is 0 Å². The average Bonchev–Trinajstić information content (AvgIpc) is 2.82. The van der Waals surface area contributed by atoms with E-state index in [2.05, 4.69) is 22.0 Å². The molecule has 2 bridgehead atoms. The molecule has 1 saturated heterocycles. The fourth-order valence-corrected chi connectivity index (χ4v) is 5.38. The molecule has 0 unspecified atom stereocenters. The molecular weight excluding hydrogens is 244 g/mol. The summed E-state index contributed by atoms with van der Waals surface area (Å²) in [6, 6.07) is 0. The van der Waals surface area contributed by atoms with Crippen LogP contribution in [0, 0.1) is 23.7 Å². The Morgan fingerprint density at radius 2 is 2.36 bits per heavy atom. The number of allylic oxidation sites excluding steroid dienone is 1. The number of hydrogen-bond acceptors (Lipinski definition) is 2. The highest BCUT2D eigenvalue weighted by Gasteiger charge is 2.66. The van der Waals surface area contributed by atoms with Crippen LogP contribution in [0.3, 0.4) is 0 Å². The van der Waals surface area contributed by atoms with E-state index in [0.29, 0.717) is 22.8 Å². The van der Waals surface area contributed by atoms with Crippen molar-refractivity contribution in [2.24, 2.45) is 23.7 Å². The number of fused-ring (bicyclic) bond motifs is 2. The Morgan fingerprint density at radius 3 is 3.14 bits per heavy atom. The summed E-state index contributed by atoms with van der Waals surface area (Å²) in [6.07, 6.45) is 4.32. The highest BCUT2D eigenvalue weighted by atomic mass is 79.9. The van der Waals surface area contributed by atoms with E-state index < -0.39 is 0 Å². The summed E-state index contributed by atoms with van der Waals surface area (Å²) in [6.45, 7) is 0.191. The zero-order valence-corrected chi connectivity index (χ0v) is 9.35. The van der Waals surface area contributed by atoms with Gasteiger partial charge in [0.25, 0.3) is 0 Å². The molecule has 2 saturated carbocycles. The van der Waals surface area contributed by atoms with Crippen molar-refractivity contribution >= 4 is 15.9 Å². The Balaban J connectivity index is 1.83. The molecule has 0 spiro atoms. The first-order valence-corrected chi connectivity index (χ1v) is 6.34. The van der Waals surface area contributed by atoms with E-state index in [0.717, 1.165) is 17.4 Å². The van der Waals surface area contributed by atoms with Crippen molar-refractivity contribution in [1.82, 2.24) is 0 Å². The molecule has 3 heteroatoms. The maximum Gasteiger partial charge on any atom is 0.0849 e. The first-order chi connectivity index (χ1) is 6.81. The molecule has 3 fully saturated rings. The van der Waals surface area contributed by atoms with Crippen LogP contribution in [0.2, 0.25) is 0 Å². The zero-order chi connectivity index (χ0) is 9.45. The Labute approximate surface area is 91.5 Å². The fourth-order valence-electron chi connectivity index (χ4n) is 4.29. The first-order valence-electron chi connectivity index (χ1n) is 5.42. The van der Waals surface area contributed by atoms with Gasteiger partial charge in [0.05, 0.1) is 18.8 Å². The molecule has 1 aliphatic heterocycles. The van der Waals surface area contributed by atoms with Crippen molar-refractivity contribution in [2.75, 3.05) is 6.61 Å². The lowest BCUT2D eigenvalue weighted by Crippen LogP contribution is -2.31. The third kappa shape index (κ3) is 0.708. The number of halogens is 1. The Kier molecular flexibility index (Phi) is 1.45. The monoisotopic (exact) mass is 256 g/mol. The number of ether oxygens (including phenoxy) is 1. The third-order valence-electron chi connectivity index (χ3n) is 4.73. The van der Waals surface area contributed by atoms with E-state index in [1.165, 1.54) is 6.42 Å². The maximum absolute atomic E-state index is 9.25. The molecule has 0 amide bonds. The highest BCUT2D eigenvalue weighted by Crippen LogP contribution is 2.65. The minimum atomic E-state index is 0.191. The van der Waals surface area contributed by atoms with E-state index in [-0.39, 0.29) is 12.7 Å². The molecule has 4 rings (SSSR count). The number of hydrogen-bond donors (Lipinski definition) is 1. The molecule has 7 atom stereocenters. The number of alkyl halides is 1. The Bertz CT molecular complexity index is 327. The van der Waals surface area contributed by atoms with Crippen LogP contribution in [0.1, 0.15) is 6.42 Å². The molecule has 3 aliphatic carbocycles. The van der Waals surface area contributed by atoms with Gasteiger partial charge in [-0.2, -0.15) is 0 Å². The third-order valence-corrected chi connectivity index (χ3v) is 5.93. The van der Waals surface area contributed by atoms with Gasteiger partial charge in [-0.1, -0.05) is 22.0 Å². The smallest absolute Gasteiger partial charge is 0.0849 e. The van der Waals surface area contributed by atoms with E-state index in [4.69, 9.17) is 4.74 Å². The summed E-state index contributed by atoms with van der Waals surface area (Å²) in [5.74, 6) is 2.93. The predicted molar refractivity (Wildman–Crippen MR) is 55.1 cm³/mol. The van der Waals surface area contributed by atoms with Crippen LogP contribution in [0.4, 0.5) is 0 Å². The van der Waals surface area contributed by atoms with Gasteiger partial charge in [-0.05, 0) is 29.7 Å². The molecular formula is C11H13BrO2. The maximum atomic E-state index is 9.25. The second-order valence-electron chi connectivity index (χ2n) is 5.08. The molecule has 0 aromatic heterocycles. The van der Waals surface area contributed by atoms with Crippen LogP contribution in [-0.4, -0.2) is 28.7 Å². The lowest BCUT2D eigenvalue weighted by atomic mass is 9.81. The van der Waals surface area contributed by atoms with Crippen LogP contribution in [0.5, 0.6) is 0 Å². The molecule has 0 aromatic rings. The van der Waals surface area contributed by atoms with Gasteiger partial charge in [0.1, 0.15) is 0 Å². The summed E-state index contributed by atoms with van der Waals surface area (Å²) < 4.78 is 6.07. The fraction of sp³-hybridized carbons (Fsp3) is 0.818. The average molecular weight is 257 g/mol. The lowest BCUT2D eigenvalue weighted by Gasteiger charge is -2.26. The van der Waals surface area contributed by atoms with Gasteiger partial charge in [-0.15, -0.1) is 0 Å². The number of rotatable bonds is 1. The van der Waals surface area contributed by atoms with E-state index in [1.54, 1.807) is 0 Å². The van der Waals surface area contributed by atoms with E-state index >= 15 is 0 Å². The van der Waals surface area contributed by atoms with Gasteiger partial charge >= 0.3 is 0 Å². The van der Waals surface area contributed by atoms with Crippen LogP contribution in [-0.2, 0) is 4.74 Å². The van der Waals surface area contributed by atoms with Crippen molar-refractivity contribution < 1.29 is 9.84 Å². The van der Waals surface area contributed by atoms with Crippen LogP contribution >= 0.6 is 15.9 Å². The standard InChI is InChI=1S/C11H13BrO2/c12-9-6-2-7-8-5(6)1-4(3-13)10(8)14-11(7)9/h1,5-11,13H,2-3H2/t5-,6-,7+,8-,9-,10-,11-/m0/s1. The van der Waals surface area contributed by atoms with Crippen molar-refractivity contribution in [3.8, 4) is 0 Å². The predicted octanol–water partition coefficient (Wildman–Crippen LogP) is 1.33. The van der Waals surface area contributed by atoms with E-state index in [9.17, 15) is 5.11 Å². The molecule has 4 aliphatic rings. The molecule has 1 N–H and O–H groups in total. The van der Waals surface area contributed by atoms with Crippen LogP contribution in [0.15, 0.2) is 11.6 Å². The Morgan fingerprint density at radius 1 is 1.50 bits per heavy atom. The summed E-state index contributed by atoms with van der Waals surface area (Å²) in [4.78, 5) is 0.565. The molecule has 14 heavy (non-hydrogen) atoms. The first kappa shape index (κ1) is 8.31. The topological polar surface area (TPSA) is 29.5 Å². The van der Waals surface area contributed by atoms with Crippen molar-refractivity contribution in [3.63, 3.8) is 0 Å². The minimum Gasteiger partial charge on any atom is -0.392 e. The van der Waals surface area contributed by atoms with Crippen LogP contribution < -0.4 is 0 Å². The summed E-state index contributed by atoms with van der Waals surface area (Å²) in [5.41, 5.74) is 1.15. The quantitative estimate of drug-likeness (QED) is 0.567. The van der Waals surface area contributed by atoms with Gasteiger partial charge in [0.2, 0.25) is 0 Å². The lowest BCUT2D eigenvalue weighted by molar-refractivity contribution is 0.0578.